The standard InChI is InChI=1S/C35H44N8O2/c1-3-18-42-32(45)27-23-36-33(39-31(27)43(42)28-9-4-24-10-11-35(12-13-35)30(44)29(24)38-28)37-25-5-7-26(8-6-25)41-21-16-34(17-22-41)14-19-40(2)20-15-34/h3-9,23,30,32,44-45H,1,10-22H2,2H3,(H,36,37,39)/t30-,32?/m0/s1/i30D. The first-order valence-electron chi connectivity index (χ1n) is 17.0. The normalized spacial score (nSPS) is 27.3. The fourth-order valence-electron chi connectivity index (χ4n) is 7.84. The van der Waals surface area contributed by atoms with E-state index in [4.69, 9.17) is 11.3 Å². The Hall–Kier alpha value is -3.57. The van der Waals surface area contributed by atoms with E-state index in [1.807, 2.05) is 12.1 Å². The number of anilines is 5. The Bertz CT molecular complexity index is 1630. The van der Waals surface area contributed by atoms with E-state index in [1.54, 1.807) is 22.3 Å². The minimum atomic E-state index is -1.74. The summed E-state index contributed by atoms with van der Waals surface area (Å²) < 4.78 is 8.90. The number of hydrogen-bond acceptors (Lipinski definition) is 10. The molecule has 3 aromatic rings. The molecule has 1 unspecified atom stereocenters. The quantitative estimate of drug-likeness (QED) is 0.322. The van der Waals surface area contributed by atoms with Gasteiger partial charge in [0.05, 0.1) is 12.6 Å². The molecular formula is C35H44N8O2. The highest BCUT2D eigenvalue weighted by Gasteiger charge is 2.52. The molecule has 10 heteroatoms. The van der Waals surface area contributed by atoms with Crippen LogP contribution in [0.5, 0.6) is 0 Å². The van der Waals surface area contributed by atoms with Crippen LogP contribution in [0.3, 0.4) is 0 Å². The number of nitrogens with zero attached hydrogens (tertiary/aromatic N) is 7. The third-order valence-electron chi connectivity index (χ3n) is 11.1. The van der Waals surface area contributed by atoms with E-state index < -0.39 is 17.7 Å². The van der Waals surface area contributed by atoms with Crippen molar-refractivity contribution >= 4 is 29.0 Å². The van der Waals surface area contributed by atoms with E-state index in [2.05, 4.69) is 58.0 Å². The maximum atomic E-state index is 11.3. The van der Waals surface area contributed by atoms with Crippen molar-refractivity contribution in [3.8, 4) is 0 Å². The van der Waals surface area contributed by atoms with E-state index >= 15 is 0 Å². The number of likely N-dealkylation sites (tertiary alicyclic amines) is 1. The number of rotatable bonds is 6. The zero-order chi connectivity index (χ0) is 31.7. The maximum Gasteiger partial charge on any atom is 0.229 e. The Balaban J connectivity index is 1.02. The molecule has 236 valence electrons. The summed E-state index contributed by atoms with van der Waals surface area (Å²) in [6.45, 7) is 8.85. The van der Waals surface area contributed by atoms with Crippen molar-refractivity contribution in [3.63, 3.8) is 0 Å². The lowest BCUT2D eigenvalue weighted by atomic mass is 9.71. The molecule has 2 aromatic heterocycles. The number of pyridine rings is 1. The summed E-state index contributed by atoms with van der Waals surface area (Å²) in [7, 11) is 2.23. The minimum absolute atomic E-state index is 0.338. The molecule has 5 aliphatic rings. The molecule has 3 fully saturated rings. The van der Waals surface area contributed by atoms with E-state index in [-0.39, 0.29) is 0 Å². The molecule has 8 rings (SSSR count). The smallest absolute Gasteiger partial charge is 0.229 e. The highest BCUT2D eigenvalue weighted by atomic mass is 16.3. The summed E-state index contributed by atoms with van der Waals surface area (Å²) in [5.41, 5.74) is 4.07. The molecule has 3 aliphatic heterocycles. The van der Waals surface area contributed by atoms with Crippen molar-refractivity contribution < 1.29 is 11.6 Å². The van der Waals surface area contributed by atoms with Gasteiger partial charge in [-0.25, -0.2) is 15.0 Å². The van der Waals surface area contributed by atoms with Gasteiger partial charge in [-0.2, -0.15) is 9.99 Å². The van der Waals surface area contributed by atoms with E-state index in [1.165, 1.54) is 44.5 Å². The van der Waals surface area contributed by atoms with E-state index in [0.29, 0.717) is 40.8 Å². The third kappa shape index (κ3) is 5.08. The largest absolute Gasteiger partial charge is 0.386 e. The second kappa shape index (κ2) is 11.0. The molecular weight excluding hydrogens is 564 g/mol. The van der Waals surface area contributed by atoms with Crippen molar-refractivity contribution in [3.05, 3.63) is 72.1 Å². The fourth-order valence-corrected chi connectivity index (χ4v) is 7.84. The van der Waals surface area contributed by atoms with Gasteiger partial charge >= 0.3 is 0 Å². The van der Waals surface area contributed by atoms with Gasteiger partial charge in [0.2, 0.25) is 5.95 Å². The first-order chi connectivity index (χ1) is 22.2. The molecule has 2 spiro atoms. The molecule has 3 N–H and O–H groups in total. The summed E-state index contributed by atoms with van der Waals surface area (Å²) >= 11 is 0. The second-order valence-electron chi connectivity index (χ2n) is 13.8. The van der Waals surface area contributed by atoms with Gasteiger partial charge in [-0.3, -0.25) is 0 Å². The van der Waals surface area contributed by atoms with Crippen molar-refractivity contribution in [2.24, 2.45) is 10.8 Å². The maximum absolute atomic E-state index is 11.3. The van der Waals surface area contributed by atoms with Gasteiger partial charge in [-0.15, -0.1) is 6.58 Å². The van der Waals surface area contributed by atoms with Crippen LogP contribution in [0.15, 0.2) is 55.3 Å². The first-order valence-corrected chi connectivity index (χ1v) is 16.5. The summed E-state index contributed by atoms with van der Waals surface area (Å²) in [6.07, 6.45) is 9.04. The summed E-state index contributed by atoms with van der Waals surface area (Å²) in [6, 6.07) is 12.3. The third-order valence-corrected chi connectivity index (χ3v) is 11.1. The van der Waals surface area contributed by atoms with Crippen LogP contribution in [-0.2, 0) is 6.42 Å². The fraction of sp³-hybridized carbons (Fsp3) is 0.514. The van der Waals surface area contributed by atoms with Gasteiger partial charge in [0, 0.05) is 42.6 Å². The van der Waals surface area contributed by atoms with Crippen LogP contribution in [0.1, 0.15) is 75.4 Å². The number of hydrogen-bond donors (Lipinski definition) is 3. The predicted octanol–water partition coefficient (Wildman–Crippen LogP) is 5.23. The summed E-state index contributed by atoms with van der Waals surface area (Å²) in [5.74, 6) is 1.38. The van der Waals surface area contributed by atoms with Crippen LogP contribution in [0, 0.1) is 10.8 Å². The Morgan fingerprint density at radius 1 is 0.978 bits per heavy atom. The zero-order valence-corrected chi connectivity index (χ0v) is 26.1. The number of nitrogens with one attached hydrogen (secondary N) is 1. The first kappa shape index (κ1) is 27.7. The Morgan fingerprint density at radius 3 is 2.42 bits per heavy atom. The molecule has 1 aromatic carbocycles. The van der Waals surface area contributed by atoms with Crippen LogP contribution in [0.2, 0.25) is 0 Å². The van der Waals surface area contributed by atoms with Crippen LogP contribution < -0.4 is 15.2 Å². The molecule has 2 aliphatic carbocycles. The van der Waals surface area contributed by atoms with Crippen LogP contribution >= 0.6 is 0 Å². The molecule has 0 radical (unpaired) electrons. The number of benzene rings is 1. The number of aliphatic hydroxyl groups is 2. The summed E-state index contributed by atoms with van der Waals surface area (Å²) in [5, 5.41) is 29.4. The van der Waals surface area contributed by atoms with Crippen LogP contribution in [-0.4, -0.2) is 74.8 Å². The Kier molecular flexibility index (Phi) is 6.80. The molecule has 1 saturated carbocycles. The highest BCUT2D eigenvalue weighted by molar-refractivity contribution is 5.66. The number of aromatic nitrogens is 3. The number of aliphatic hydroxyl groups excluding tert-OH is 1. The molecule has 0 bridgehead atoms. The minimum Gasteiger partial charge on any atom is -0.386 e. The average Bonchev–Trinajstić information content (AvgIpc) is 3.82. The lowest BCUT2D eigenvalue weighted by molar-refractivity contribution is 0.0244. The van der Waals surface area contributed by atoms with Crippen molar-refractivity contribution in [1.29, 1.82) is 0 Å². The number of hydrazine groups is 1. The number of fused-ring (bicyclic) bond motifs is 2. The lowest BCUT2D eigenvalue weighted by Crippen LogP contribution is -2.46. The average molecular weight is 610 g/mol. The molecule has 45 heavy (non-hydrogen) atoms. The second-order valence-corrected chi connectivity index (χ2v) is 13.8. The Morgan fingerprint density at radius 2 is 1.71 bits per heavy atom. The topological polar surface area (TPSA) is 104 Å². The molecule has 2 atom stereocenters. The van der Waals surface area contributed by atoms with Crippen LogP contribution in [0.4, 0.5) is 29.0 Å². The van der Waals surface area contributed by atoms with Crippen molar-refractivity contribution in [1.82, 2.24) is 24.9 Å². The summed E-state index contributed by atoms with van der Waals surface area (Å²) in [4.78, 5) is 19.2. The molecule has 2 saturated heterocycles. The van der Waals surface area contributed by atoms with Gasteiger partial charge in [-0.1, -0.05) is 12.1 Å². The number of piperidine rings is 2. The van der Waals surface area contributed by atoms with E-state index in [0.717, 1.165) is 50.0 Å². The monoisotopic (exact) mass is 609 g/mol. The highest BCUT2D eigenvalue weighted by Crippen LogP contribution is 2.60. The van der Waals surface area contributed by atoms with Crippen molar-refractivity contribution in [2.45, 2.75) is 63.7 Å². The predicted molar refractivity (Wildman–Crippen MR) is 176 cm³/mol. The SMILES string of the molecule is [2H][C@]1(O)c2nc(N3c4nc(Nc5ccc(N6CCC7(CCN(C)CC7)CC6)cc5)ncc4C(O)N3CC=C)ccc2CCC12CC2. The van der Waals surface area contributed by atoms with Gasteiger partial charge in [0.25, 0.3) is 0 Å². The lowest BCUT2D eigenvalue weighted by Gasteiger charge is -2.46. The molecule has 5 heterocycles. The van der Waals surface area contributed by atoms with Gasteiger partial charge in [-0.05, 0) is 113 Å². The van der Waals surface area contributed by atoms with Gasteiger partial charge < -0.3 is 25.3 Å². The Labute approximate surface area is 266 Å². The molecule has 10 nitrogen and oxygen atoms in total. The van der Waals surface area contributed by atoms with Gasteiger partial charge in [0.1, 0.15) is 11.9 Å². The van der Waals surface area contributed by atoms with Crippen molar-refractivity contribution in [2.75, 3.05) is 55.0 Å². The molecule has 0 amide bonds. The number of aryl methyl sites for hydroxylation is 1. The van der Waals surface area contributed by atoms with E-state index in [9.17, 15) is 10.2 Å². The van der Waals surface area contributed by atoms with Crippen LogP contribution in [0.25, 0.3) is 0 Å². The van der Waals surface area contributed by atoms with Gasteiger partial charge in [0.15, 0.2) is 12.0 Å². The zero-order valence-electron chi connectivity index (χ0n) is 27.1.